The van der Waals surface area contributed by atoms with Gasteiger partial charge in [-0.3, -0.25) is 0 Å². The fourth-order valence-electron chi connectivity index (χ4n) is 1.50. The smallest absolute Gasteiger partial charge is 0.0366 e. The van der Waals surface area contributed by atoms with Gasteiger partial charge in [0.1, 0.15) is 0 Å². The van der Waals surface area contributed by atoms with E-state index in [2.05, 4.69) is 35.8 Å². The molecule has 0 aliphatic heterocycles. The maximum absolute atomic E-state index is 5.53. The summed E-state index contributed by atoms with van der Waals surface area (Å²) in [5.74, 6) is 2.75. The van der Waals surface area contributed by atoms with Gasteiger partial charge < -0.3 is 0 Å². The standard InChI is InChI=1S/C13H10S2/c1-3-10-6-4-7-11(14-2)13(10)12-8-5-9-15-12/h1,4-9H,2H3. The van der Waals surface area contributed by atoms with Crippen molar-refractivity contribution in [1.82, 2.24) is 0 Å². The molecule has 0 bridgehead atoms. The molecule has 2 rings (SSSR count). The van der Waals surface area contributed by atoms with Gasteiger partial charge in [0.15, 0.2) is 0 Å². The normalized spacial score (nSPS) is 9.87. The molecule has 2 heteroatoms. The Labute approximate surface area is 98.3 Å². The lowest BCUT2D eigenvalue weighted by atomic mass is 10.1. The van der Waals surface area contributed by atoms with E-state index >= 15 is 0 Å². The molecule has 0 saturated carbocycles. The second-order valence-electron chi connectivity index (χ2n) is 3.00. The van der Waals surface area contributed by atoms with Crippen LogP contribution in [0.4, 0.5) is 0 Å². The average Bonchev–Trinajstić information content (AvgIpc) is 2.81. The molecular weight excluding hydrogens is 220 g/mol. The molecule has 0 atom stereocenters. The molecule has 0 amide bonds. The topological polar surface area (TPSA) is 0 Å². The molecule has 0 aliphatic carbocycles. The van der Waals surface area contributed by atoms with Crippen molar-refractivity contribution >= 4 is 23.1 Å². The lowest BCUT2D eigenvalue weighted by molar-refractivity contribution is 1.45. The van der Waals surface area contributed by atoms with Crippen LogP contribution in [0, 0.1) is 12.3 Å². The zero-order chi connectivity index (χ0) is 10.7. The van der Waals surface area contributed by atoms with E-state index in [-0.39, 0.29) is 0 Å². The van der Waals surface area contributed by atoms with Crippen molar-refractivity contribution in [3.05, 3.63) is 41.3 Å². The lowest BCUT2D eigenvalue weighted by Gasteiger charge is -2.07. The SMILES string of the molecule is C#Cc1cccc(SC)c1-c1cccs1. The first kappa shape index (κ1) is 10.4. The van der Waals surface area contributed by atoms with Crippen molar-refractivity contribution < 1.29 is 0 Å². The Morgan fingerprint density at radius 3 is 2.73 bits per heavy atom. The summed E-state index contributed by atoms with van der Waals surface area (Å²) in [5, 5.41) is 2.08. The van der Waals surface area contributed by atoms with Crippen molar-refractivity contribution in [3.63, 3.8) is 0 Å². The fourth-order valence-corrected chi connectivity index (χ4v) is 3.00. The number of thioether (sulfide) groups is 1. The molecule has 0 saturated heterocycles. The lowest BCUT2D eigenvalue weighted by Crippen LogP contribution is -1.84. The summed E-state index contributed by atoms with van der Waals surface area (Å²) in [6.07, 6.45) is 7.60. The average molecular weight is 230 g/mol. The number of hydrogen-bond acceptors (Lipinski definition) is 2. The third-order valence-corrected chi connectivity index (χ3v) is 3.84. The summed E-state index contributed by atoms with van der Waals surface area (Å²) in [6, 6.07) is 10.3. The van der Waals surface area contributed by atoms with Crippen LogP contribution in [0.25, 0.3) is 10.4 Å². The second-order valence-corrected chi connectivity index (χ2v) is 4.80. The predicted octanol–water partition coefficient (Wildman–Crippen LogP) is 4.12. The fraction of sp³-hybridized carbons (Fsp3) is 0.0769. The molecule has 74 valence electrons. The van der Waals surface area contributed by atoms with Gasteiger partial charge >= 0.3 is 0 Å². The largest absolute Gasteiger partial charge is 0.144 e. The quantitative estimate of drug-likeness (QED) is 0.552. The van der Waals surface area contributed by atoms with E-state index in [0.29, 0.717) is 0 Å². The molecule has 15 heavy (non-hydrogen) atoms. The summed E-state index contributed by atoms with van der Waals surface area (Å²) in [4.78, 5) is 2.49. The summed E-state index contributed by atoms with van der Waals surface area (Å²) in [7, 11) is 0. The van der Waals surface area contributed by atoms with Crippen LogP contribution >= 0.6 is 23.1 Å². The molecule has 0 radical (unpaired) electrons. The molecular formula is C13H10S2. The van der Waals surface area contributed by atoms with Crippen molar-refractivity contribution in [2.75, 3.05) is 6.26 Å². The van der Waals surface area contributed by atoms with Crippen molar-refractivity contribution in [2.24, 2.45) is 0 Å². The predicted molar refractivity (Wildman–Crippen MR) is 69.5 cm³/mol. The van der Waals surface area contributed by atoms with Crippen molar-refractivity contribution in [2.45, 2.75) is 4.90 Å². The Hall–Kier alpha value is -1.17. The monoisotopic (exact) mass is 230 g/mol. The number of benzene rings is 1. The van der Waals surface area contributed by atoms with Gasteiger partial charge in [-0.1, -0.05) is 18.1 Å². The minimum atomic E-state index is 0.976. The van der Waals surface area contributed by atoms with Crippen molar-refractivity contribution in [3.8, 4) is 22.8 Å². The van der Waals surface area contributed by atoms with E-state index in [4.69, 9.17) is 6.42 Å². The molecule has 2 aromatic rings. The van der Waals surface area contributed by atoms with Crippen LogP contribution in [0.3, 0.4) is 0 Å². The first-order valence-corrected chi connectivity index (χ1v) is 6.64. The Balaban J connectivity index is 2.67. The van der Waals surface area contributed by atoms with E-state index in [0.717, 1.165) is 5.56 Å². The van der Waals surface area contributed by atoms with Crippen LogP contribution in [0.15, 0.2) is 40.6 Å². The number of rotatable bonds is 2. The van der Waals surface area contributed by atoms with Gasteiger partial charge in [0.25, 0.3) is 0 Å². The van der Waals surface area contributed by atoms with Crippen LogP contribution in [0.1, 0.15) is 5.56 Å². The highest BCUT2D eigenvalue weighted by molar-refractivity contribution is 7.98. The zero-order valence-electron chi connectivity index (χ0n) is 8.36. The first-order valence-electron chi connectivity index (χ1n) is 4.54. The third-order valence-electron chi connectivity index (χ3n) is 2.17. The zero-order valence-corrected chi connectivity index (χ0v) is 9.99. The molecule has 0 spiro atoms. The molecule has 1 heterocycles. The highest BCUT2D eigenvalue weighted by Crippen LogP contribution is 2.35. The van der Waals surface area contributed by atoms with E-state index in [9.17, 15) is 0 Å². The van der Waals surface area contributed by atoms with Gasteiger partial charge in [-0.25, -0.2) is 0 Å². The van der Waals surface area contributed by atoms with E-state index in [1.807, 2.05) is 12.1 Å². The minimum absolute atomic E-state index is 0.976. The summed E-state index contributed by atoms with van der Waals surface area (Å²) in [5.41, 5.74) is 2.17. The van der Waals surface area contributed by atoms with E-state index < -0.39 is 0 Å². The molecule has 0 aliphatic rings. The first-order chi connectivity index (χ1) is 7.36. The molecule has 0 unspecified atom stereocenters. The summed E-state index contributed by atoms with van der Waals surface area (Å²) < 4.78 is 0. The Bertz CT molecular complexity index is 490. The molecule has 1 aromatic carbocycles. The maximum atomic E-state index is 5.53. The molecule has 0 N–H and O–H groups in total. The number of thiophene rings is 1. The van der Waals surface area contributed by atoms with Crippen LogP contribution in [-0.2, 0) is 0 Å². The van der Waals surface area contributed by atoms with Gasteiger partial charge in [0.2, 0.25) is 0 Å². The van der Waals surface area contributed by atoms with E-state index in [1.54, 1.807) is 23.1 Å². The second kappa shape index (κ2) is 4.57. The van der Waals surface area contributed by atoms with Gasteiger partial charge in [-0.2, -0.15) is 0 Å². The van der Waals surface area contributed by atoms with Gasteiger partial charge in [-0.05, 0) is 29.8 Å². The van der Waals surface area contributed by atoms with Crippen LogP contribution in [0.2, 0.25) is 0 Å². The number of hydrogen-bond donors (Lipinski definition) is 0. The highest BCUT2D eigenvalue weighted by Gasteiger charge is 2.09. The van der Waals surface area contributed by atoms with Crippen LogP contribution in [0.5, 0.6) is 0 Å². The number of terminal acetylenes is 1. The Kier molecular flexibility index (Phi) is 3.15. The molecule has 0 nitrogen and oxygen atoms in total. The maximum Gasteiger partial charge on any atom is 0.0366 e. The Morgan fingerprint density at radius 1 is 1.27 bits per heavy atom. The van der Waals surface area contributed by atoms with Gasteiger partial charge in [-0.15, -0.1) is 29.5 Å². The molecule has 1 aromatic heterocycles. The Morgan fingerprint density at radius 2 is 2.13 bits per heavy atom. The van der Waals surface area contributed by atoms with Crippen LogP contribution < -0.4 is 0 Å². The highest BCUT2D eigenvalue weighted by atomic mass is 32.2. The summed E-state index contributed by atoms with van der Waals surface area (Å²) >= 11 is 3.46. The summed E-state index contributed by atoms with van der Waals surface area (Å²) in [6.45, 7) is 0. The van der Waals surface area contributed by atoms with E-state index in [1.165, 1.54) is 15.3 Å². The van der Waals surface area contributed by atoms with Gasteiger partial charge in [0, 0.05) is 20.9 Å². The third kappa shape index (κ3) is 1.94. The minimum Gasteiger partial charge on any atom is -0.144 e. The van der Waals surface area contributed by atoms with Crippen molar-refractivity contribution in [1.29, 1.82) is 0 Å². The molecule has 0 fully saturated rings. The van der Waals surface area contributed by atoms with Gasteiger partial charge in [0.05, 0.1) is 0 Å². The van der Waals surface area contributed by atoms with Crippen LogP contribution in [-0.4, -0.2) is 6.26 Å².